The summed E-state index contributed by atoms with van der Waals surface area (Å²) in [5, 5.41) is 0.114. The average Bonchev–Trinajstić information content (AvgIpc) is 2.92. The van der Waals surface area contributed by atoms with Crippen molar-refractivity contribution < 1.29 is 18.7 Å². The highest BCUT2D eigenvalue weighted by Gasteiger charge is 2.24. The normalized spacial score (nSPS) is 13.3. The van der Waals surface area contributed by atoms with Gasteiger partial charge in [-0.25, -0.2) is 14.2 Å². The van der Waals surface area contributed by atoms with E-state index in [4.69, 9.17) is 16.3 Å². The second-order valence-corrected chi connectivity index (χ2v) is 10.2. The molecule has 1 aliphatic heterocycles. The first-order valence-corrected chi connectivity index (χ1v) is 13.6. The van der Waals surface area contributed by atoms with Crippen molar-refractivity contribution in [2.45, 2.75) is 40.0 Å². The minimum Gasteiger partial charge on any atom is -0.459 e. The van der Waals surface area contributed by atoms with Crippen molar-refractivity contribution in [2.75, 3.05) is 37.6 Å². The fraction of sp³-hybridized carbons (Fsp3) is 0.367. The minimum atomic E-state index is -0.615. The Morgan fingerprint density at radius 1 is 1.00 bits per heavy atom. The molecule has 3 aromatic rings. The Morgan fingerprint density at radius 2 is 1.66 bits per heavy atom. The van der Waals surface area contributed by atoms with Crippen LogP contribution in [0, 0.1) is 5.82 Å². The average molecular weight is 626 g/mol. The summed E-state index contributed by atoms with van der Waals surface area (Å²) in [7, 11) is 0. The summed E-state index contributed by atoms with van der Waals surface area (Å²) in [6.07, 6.45) is 1.51. The number of aromatic nitrogens is 1. The molecule has 0 spiro atoms. The van der Waals surface area contributed by atoms with Gasteiger partial charge >= 0.3 is 5.97 Å². The van der Waals surface area contributed by atoms with E-state index in [2.05, 4.69) is 26.9 Å². The van der Waals surface area contributed by atoms with Gasteiger partial charge in [0.05, 0.1) is 16.7 Å². The lowest BCUT2D eigenvalue weighted by Crippen LogP contribution is -2.46. The van der Waals surface area contributed by atoms with Crippen molar-refractivity contribution >= 4 is 54.1 Å². The topological polar surface area (TPSA) is 66.0 Å². The maximum absolute atomic E-state index is 14.3. The fourth-order valence-electron chi connectivity index (χ4n) is 4.62. The number of hydrogen-bond donors (Lipinski definition) is 0. The predicted molar refractivity (Wildman–Crippen MR) is 165 cm³/mol. The Labute approximate surface area is 258 Å². The van der Waals surface area contributed by atoms with E-state index in [1.54, 1.807) is 23.2 Å². The summed E-state index contributed by atoms with van der Waals surface area (Å²) < 4.78 is 19.7. The van der Waals surface area contributed by atoms with Crippen molar-refractivity contribution in [1.82, 2.24) is 14.8 Å². The van der Waals surface area contributed by atoms with Crippen LogP contribution >= 0.6 is 36.4 Å². The van der Waals surface area contributed by atoms with Crippen LogP contribution < -0.4 is 4.90 Å². The first-order valence-electron chi connectivity index (χ1n) is 13.2. The molecule has 1 fully saturated rings. The Bertz CT molecular complexity index is 1280. The number of esters is 1. The van der Waals surface area contributed by atoms with Crippen molar-refractivity contribution in [1.29, 1.82) is 0 Å². The summed E-state index contributed by atoms with van der Waals surface area (Å²) in [5.41, 5.74) is 2.53. The van der Waals surface area contributed by atoms with Crippen molar-refractivity contribution in [3.8, 4) is 0 Å². The van der Waals surface area contributed by atoms with E-state index in [1.807, 2.05) is 32.9 Å². The van der Waals surface area contributed by atoms with Crippen LogP contribution in [-0.4, -0.2) is 65.5 Å². The third-order valence-electron chi connectivity index (χ3n) is 6.67. The zero-order chi connectivity index (χ0) is 27.9. The van der Waals surface area contributed by atoms with E-state index in [9.17, 15) is 14.0 Å². The van der Waals surface area contributed by atoms with Gasteiger partial charge in [-0.2, -0.15) is 0 Å². The van der Waals surface area contributed by atoms with Gasteiger partial charge < -0.3 is 14.5 Å². The first-order chi connectivity index (χ1) is 18.8. The van der Waals surface area contributed by atoms with E-state index >= 15 is 0 Å². The number of amides is 1. The van der Waals surface area contributed by atoms with Gasteiger partial charge in [-0.3, -0.25) is 9.69 Å². The number of ether oxygens (including phenoxy) is 1. The molecule has 222 valence electrons. The molecule has 0 bridgehead atoms. The smallest absolute Gasteiger partial charge is 0.342 e. The molecule has 1 saturated heterocycles. The van der Waals surface area contributed by atoms with Crippen LogP contribution in [0.5, 0.6) is 0 Å². The predicted octanol–water partition coefficient (Wildman–Crippen LogP) is 6.27. The van der Waals surface area contributed by atoms with Gasteiger partial charge in [0, 0.05) is 52.0 Å². The lowest BCUT2D eigenvalue weighted by atomic mass is 10.1. The number of anilines is 1. The van der Waals surface area contributed by atoms with Crippen LogP contribution in [0.15, 0.2) is 60.8 Å². The van der Waals surface area contributed by atoms with Crippen LogP contribution in [0.3, 0.4) is 0 Å². The number of rotatable bonds is 9. The van der Waals surface area contributed by atoms with Gasteiger partial charge in [0.2, 0.25) is 0 Å². The third kappa shape index (κ3) is 8.79. The Hall–Kier alpha value is -2.91. The van der Waals surface area contributed by atoms with E-state index in [1.165, 1.54) is 18.2 Å². The maximum atomic E-state index is 14.3. The molecule has 2 heterocycles. The van der Waals surface area contributed by atoms with Gasteiger partial charge in [-0.05, 0) is 56.2 Å². The summed E-state index contributed by atoms with van der Waals surface area (Å²) in [6.45, 7) is 10.3. The summed E-state index contributed by atoms with van der Waals surface area (Å²) in [6, 6.07) is 15.9. The van der Waals surface area contributed by atoms with E-state index in [-0.39, 0.29) is 47.5 Å². The largest absolute Gasteiger partial charge is 0.459 e. The molecule has 4 rings (SSSR count). The lowest BCUT2D eigenvalue weighted by molar-refractivity contribution is 0.0378. The Kier molecular flexibility index (Phi) is 13.3. The minimum absolute atomic E-state index is 0. The lowest BCUT2D eigenvalue weighted by Gasteiger charge is -2.36. The molecule has 1 aliphatic rings. The number of benzene rings is 2. The standard InChI is InChI=1S/C30H34ClFN4O3.2ClH/c1-4-35(29(37)27-25(31)8-5-9-26(27)32)20-23-12-10-22(11-13-23)19-34-15-17-36(18-16-34)28-24(7-6-14-33-28)30(38)39-21(2)3;;/h5-14,21H,4,15-20H2,1-3H3;2*1H. The molecule has 11 heteroatoms. The molecule has 1 amide bonds. The highest BCUT2D eigenvalue weighted by atomic mass is 35.5. The van der Waals surface area contributed by atoms with Gasteiger partial charge in [0.15, 0.2) is 0 Å². The zero-order valence-electron chi connectivity index (χ0n) is 23.4. The number of piperazine rings is 1. The van der Waals surface area contributed by atoms with Gasteiger partial charge in [0.1, 0.15) is 17.2 Å². The molecule has 0 atom stereocenters. The monoisotopic (exact) mass is 624 g/mol. The van der Waals surface area contributed by atoms with Gasteiger partial charge in [-0.15, -0.1) is 24.8 Å². The van der Waals surface area contributed by atoms with E-state index in [0.29, 0.717) is 24.5 Å². The number of halogens is 4. The van der Waals surface area contributed by atoms with Crippen LogP contribution in [0.25, 0.3) is 0 Å². The van der Waals surface area contributed by atoms with Crippen molar-refractivity contribution in [3.05, 3.63) is 93.9 Å². The zero-order valence-corrected chi connectivity index (χ0v) is 25.8. The van der Waals surface area contributed by atoms with Gasteiger partial charge in [0.25, 0.3) is 5.91 Å². The van der Waals surface area contributed by atoms with Crippen LogP contribution in [0.1, 0.15) is 52.6 Å². The molecule has 41 heavy (non-hydrogen) atoms. The number of carbonyl (C=O) groups excluding carboxylic acids is 2. The van der Waals surface area contributed by atoms with Crippen LogP contribution in [0.2, 0.25) is 5.02 Å². The highest BCUT2D eigenvalue weighted by molar-refractivity contribution is 6.33. The maximum Gasteiger partial charge on any atom is 0.342 e. The number of carbonyl (C=O) groups is 2. The van der Waals surface area contributed by atoms with Crippen molar-refractivity contribution in [2.24, 2.45) is 0 Å². The Morgan fingerprint density at radius 3 is 2.27 bits per heavy atom. The molecule has 0 N–H and O–H groups in total. The number of hydrogen-bond acceptors (Lipinski definition) is 6. The third-order valence-corrected chi connectivity index (χ3v) is 6.98. The summed E-state index contributed by atoms with van der Waals surface area (Å²) in [5.74, 6) is -0.720. The summed E-state index contributed by atoms with van der Waals surface area (Å²) in [4.78, 5) is 36.0. The number of pyridine rings is 1. The molecule has 0 saturated carbocycles. The van der Waals surface area contributed by atoms with Crippen LogP contribution in [0.4, 0.5) is 10.2 Å². The van der Waals surface area contributed by atoms with E-state index < -0.39 is 11.7 Å². The SMILES string of the molecule is CCN(Cc1ccc(CN2CCN(c3ncccc3C(=O)OC(C)C)CC2)cc1)C(=O)c1c(F)cccc1Cl.Cl.Cl. The summed E-state index contributed by atoms with van der Waals surface area (Å²) >= 11 is 6.11. The van der Waals surface area contributed by atoms with Crippen molar-refractivity contribution in [3.63, 3.8) is 0 Å². The second-order valence-electron chi connectivity index (χ2n) is 9.82. The molecular weight excluding hydrogens is 590 g/mol. The van der Waals surface area contributed by atoms with Gasteiger partial charge in [-0.1, -0.05) is 41.9 Å². The molecule has 1 aromatic heterocycles. The van der Waals surface area contributed by atoms with Crippen LogP contribution in [-0.2, 0) is 17.8 Å². The quantitative estimate of drug-likeness (QED) is 0.261. The molecular formula is C30H36Cl3FN4O3. The molecule has 0 aliphatic carbocycles. The fourth-order valence-corrected chi connectivity index (χ4v) is 4.86. The second kappa shape index (κ2) is 15.9. The highest BCUT2D eigenvalue weighted by Crippen LogP contribution is 2.23. The first kappa shape index (κ1) is 34.3. The Balaban J connectivity index is 0.00000294. The van der Waals surface area contributed by atoms with E-state index in [0.717, 1.165) is 43.9 Å². The molecule has 0 radical (unpaired) electrons. The molecule has 0 unspecified atom stereocenters. The number of nitrogens with zero attached hydrogens (tertiary/aromatic N) is 4. The molecule has 7 nitrogen and oxygen atoms in total. The molecule has 2 aromatic carbocycles.